The standard InChI is InChI=1S/C17H22N2/c1-3-18-10-11-19-16-12(2)6-4-7-13(16)14-8-5-9-15(18)17(14)19/h4,6-7,15H,3,5,8-11H2,1-2H3/t15-/m0/s1. The number of hydrogen-bond donors (Lipinski definition) is 0. The lowest BCUT2D eigenvalue weighted by atomic mass is 9.89. The van der Waals surface area contributed by atoms with E-state index in [9.17, 15) is 0 Å². The van der Waals surface area contributed by atoms with Crippen LogP contribution in [0.5, 0.6) is 0 Å². The quantitative estimate of drug-likeness (QED) is 0.754. The lowest BCUT2D eigenvalue weighted by molar-refractivity contribution is 0.149. The highest BCUT2D eigenvalue weighted by atomic mass is 15.2. The lowest BCUT2D eigenvalue weighted by Crippen LogP contribution is -2.39. The number of nitrogens with zero attached hydrogens (tertiary/aromatic N) is 2. The van der Waals surface area contributed by atoms with Gasteiger partial charge in [0.05, 0.1) is 11.6 Å². The summed E-state index contributed by atoms with van der Waals surface area (Å²) in [6.07, 6.45) is 3.97. The number of rotatable bonds is 1. The Kier molecular flexibility index (Phi) is 2.49. The van der Waals surface area contributed by atoms with Crippen LogP contribution in [0.3, 0.4) is 0 Å². The van der Waals surface area contributed by atoms with Crippen molar-refractivity contribution in [2.45, 2.75) is 45.7 Å². The van der Waals surface area contributed by atoms with Crippen molar-refractivity contribution in [3.63, 3.8) is 0 Å². The first-order chi connectivity index (χ1) is 9.31. The van der Waals surface area contributed by atoms with Gasteiger partial charge < -0.3 is 4.57 Å². The zero-order valence-electron chi connectivity index (χ0n) is 11.9. The van der Waals surface area contributed by atoms with E-state index in [-0.39, 0.29) is 0 Å². The van der Waals surface area contributed by atoms with Gasteiger partial charge in [-0.1, -0.05) is 25.1 Å². The maximum absolute atomic E-state index is 2.67. The summed E-state index contributed by atoms with van der Waals surface area (Å²) >= 11 is 0. The molecule has 0 fully saturated rings. The van der Waals surface area contributed by atoms with Gasteiger partial charge in [-0.05, 0) is 43.9 Å². The summed E-state index contributed by atoms with van der Waals surface area (Å²) in [4.78, 5) is 2.67. The van der Waals surface area contributed by atoms with Gasteiger partial charge in [-0.25, -0.2) is 0 Å². The Hall–Kier alpha value is -1.28. The molecule has 0 bridgehead atoms. The van der Waals surface area contributed by atoms with Gasteiger partial charge in [0.2, 0.25) is 0 Å². The summed E-state index contributed by atoms with van der Waals surface area (Å²) in [7, 11) is 0. The van der Waals surface area contributed by atoms with Crippen LogP contribution in [-0.4, -0.2) is 22.6 Å². The van der Waals surface area contributed by atoms with Crippen molar-refractivity contribution >= 4 is 10.9 Å². The van der Waals surface area contributed by atoms with E-state index >= 15 is 0 Å². The molecule has 1 atom stereocenters. The average Bonchev–Trinajstić information content (AvgIpc) is 2.77. The van der Waals surface area contributed by atoms with Crippen molar-refractivity contribution in [3.05, 3.63) is 35.0 Å². The van der Waals surface area contributed by atoms with Crippen molar-refractivity contribution < 1.29 is 0 Å². The fourth-order valence-corrected chi connectivity index (χ4v) is 4.29. The summed E-state index contributed by atoms with van der Waals surface area (Å²) in [5, 5.41) is 1.53. The fourth-order valence-electron chi connectivity index (χ4n) is 4.29. The first-order valence-electron chi connectivity index (χ1n) is 7.66. The van der Waals surface area contributed by atoms with Gasteiger partial charge in [0.25, 0.3) is 0 Å². The highest BCUT2D eigenvalue weighted by Gasteiger charge is 2.34. The van der Waals surface area contributed by atoms with Crippen molar-refractivity contribution in [2.24, 2.45) is 0 Å². The predicted molar refractivity (Wildman–Crippen MR) is 79.6 cm³/mol. The summed E-state index contributed by atoms with van der Waals surface area (Å²) in [6, 6.07) is 7.50. The topological polar surface area (TPSA) is 8.17 Å². The van der Waals surface area contributed by atoms with Crippen LogP contribution in [0, 0.1) is 6.92 Å². The van der Waals surface area contributed by atoms with Gasteiger partial charge in [-0.15, -0.1) is 0 Å². The number of fused-ring (bicyclic) bond motifs is 3. The zero-order chi connectivity index (χ0) is 13.0. The highest BCUT2D eigenvalue weighted by molar-refractivity contribution is 5.88. The van der Waals surface area contributed by atoms with Crippen LogP contribution in [0.2, 0.25) is 0 Å². The Morgan fingerprint density at radius 2 is 2.16 bits per heavy atom. The molecule has 1 aromatic carbocycles. The molecule has 2 aromatic rings. The second-order valence-electron chi connectivity index (χ2n) is 6.02. The van der Waals surface area contributed by atoms with Gasteiger partial charge in [0.1, 0.15) is 0 Å². The summed E-state index contributed by atoms with van der Waals surface area (Å²) in [6.45, 7) is 8.13. The van der Waals surface area contributed by atoms with Gasteiger partial charge in [0.15, 0.2) is 0 Å². The Morgan fingerprint density at radius 1 is 1.26 bits per heavy atom. The number of likely N-dealkylation sites (N-methyl/N-ethyl adjacent to an activating group) is 1. The number of para-hydroxylation sites is 1. The number of aromatic nitrogens is 1. The predicted octanol–water partition coefficient (Wildman–Crippen LogP) is 3.66. The van der Waals surface area contributed by atoms with Gasteiger partial charge in [-0.3, -0.25) is 4.90 Å². The van der Waals surface area contributed by atoms with Crippen LogP contribution in [0.4, 0.5) is 0 Å². The first kappa shape index (κ1) is 11.5. The molecule has 100 valence electrons. The third-order valence-electron chi connectivity index (χ3n) is 5.11. The molecule has 0 radical (unpaired) electrons. The second kappa shape index (κ2) is 4.11. The number of hydrogen-bond acceptors (Lipinski definition) is 1. The number of aryl methyl sites for hydroxylation is 2. The lowest BCUT2D eigenvalue weighted by Gasteiger charge is -2.39. The molecule has 4 rings (SSSR count). The van der Waals surface area contributed by atoms with E-state index in [0.29, 0.717) is 6.04 Å². The fraction of sp³-hybridized carbons (Fsp3) is 0.529. The molecule has 0 N–H and O–H groups in total. The van der Waals surface area contributed by atoms with Crippen molar-refractivity contribution in [1.29, 1.82) is 0 Å². The molecule has 1 aliphatic carbocycles. The molecule has 0 unspecified atom stereocenters. The van der Waals surface area contributed by atoms with E-state index in [1.165, 1.54) is 55.4 Å². The van der Waals surface area contributed by atoms with Crippen LogP contribution in [0.25, 0.3) is 10.9 Å². The average molecular weight is 254 g/mol. The van der Waals surface area contributed by atoms with E-state index < -0.39 is 0 Å². The van der Waals surface area contributed by atoms with E-state index in [1.807, 2.05) is 0 Å². The maximum atomic E-state index is 2.67. The molecule has 2 aliphatic rings. The molecule has 0 spiro atoms. The van der Waals surface area contributed by atoms with Crippen LogP contribution < -0.4 is 0 Å². The molecule has 2 nitrogen and oxygen atoms in total. The van der Waals surface area contributed by atoms with Crippen LogP contribution >= 0.6 is 0 Å². The monoisotopic (exact) mass is 254 g/mol. The highest BCUT2D eigenvalue weighted by Crippen LogP contribution is 2.42. The maximum Gasteiger partial charge on any atom is 0.0516 e. The van der Waals surface area contributed by atoms with Crippen molar-refractivity contribution in [1.82, 2.24) is 9.47 Å². The molecular weight excluding hydrogens is 232 g/mol. The molecule has 0 amide bonds. The minimum atomic E-state index is 0.675. The summed E-state index contributed by atoms with van der Waals surface area (Å²) in [5.74, 6) is 0. The molecule has 2 heterocycles. The molecule has 2 heteroatoms. The summed E-state index contributed by atoms with van der Waals surface area (Å²) in [5.41, 5.74) is 6.24. The van der Waals surface area contributed by atoms with E-state index in [0.717, 1.165) is 0 Å². The molecule has 0 saturated heterocycles. The number of benzene rings is 1. The van der Waals surface area contributed by atoms with Gasteiger partial charge in [0, 0.05) is 24.2 Å². The smallest absolute Gasteiger partial charge is 0.0516 e. The van der Waals surface area contributed by atoms with Gasteiger partial charge >= 0.3 is 0 Å². The van der Waals surface area contributed by atoms with E-state index in [2.05, 4.69) is 41.5 Å². The zero-order valence-corrected chi connectivity index (χ0v) is 11.9. The Balaban J connectivity index is 2.05. The molecule has 1 aliphatic heterocycles. The van der Waals surface area contributed by atoms with Crippen LogP contribution in [0.1, 0.15) is 42.6 Å². The summed E-state index contributed by atoms with van der Waals surface area (Å²) < 4.78 is 2.63. The third kappa shape index (κ3) is 1.47. The Bertz CT molecular complexity index is 638. The Labute approximate surface area is 115 Å². The second-order valence-corrected chi connectivity index (χ2v) is 6.02. The van der Waals surface area contributed by atoms with Crippen LogP contribution in [0.15, 0.2) is 18.2 Å². The Morgan fingerprint density at radius 3 is 3.00 bits per heavy atom. The molecular formula is C17H22N2. The largest absolute Gasteiger partial charge is 0.341 e. The molecule has 0 saturated carbocycles. The normalized spacial score (nSPS) is 22.7. The minimum Gasteiger partial charge on any atom is -0.341 e. The van der Waals surface area contributed by atoms with Crippen LogP contribution in [-0.2, 0) is 13.0 Å². The van der Waals surface area contributed by atoms with Crippen molar-refractivity contribution in [3.8, 4) is 0 Å². The van der Waals surface area contributed by atoms with Crippen molar-refractivity contribution in [2.75, 3.05) is 13.1 Å². The molecule has 1 aromatic heterocycles. The third-order valence-corrected chi connectivity index (χ3v) is 5.11. The SMILES string of the molecule is CCN1CCn2c3c(c4cccc(C)c42)CCC[C@@H]31. The molecule has 19 heavy (non-hydrogen) atoms. The van der Waals surface area contributed by atoms with E-state index in [4.69, 9.17) is 0 Å². The minimum absolute atomic E-state index is 0.675. The van der Waals surface area contributed by atoms with E-state index in [1.54, 1.807) is 11.3 Å². The first-order valence-corrected chi connectivity index (χ1v) is 7.66. The van der Waals surface area contributed by atoms with Gasteiger partial charge in [-0.2, -0.15) is 0 Å².